The first-order valence-corrected chi connectivity index (χ1v) is 16.6. The highest BCUT2D eigenvalue weighted by molar-refractivity contribution is 7.91. The van der Waals surface area contributed by atoms with Crippen LogP contribution in [0.25, 0.3) is 10.9 Å². The van der Waals surface area contributed by atoms with Crippen molar-refractivity contribution in [3.8, 4) is 0 Å². The first-order valence-electron chi connectivity index (χ1n) is 15.0. The Hall–Kier alpha value is -4.61. The van der Waals surface area contributed by atoms with Crippen molar-refractivity contribution in [1.82, 2.24) is 15.2 Å². The van der Waals surface area contributed by atoms with Gasteiger partial charge < -0.3 is 21.1 Å². The molecule has 0 fully saturated rings. The van der Waals surface area contributed by atoms with Crippen LogP contribution in [0.15, 0.2) is 96.0 Å². The molecule has 0 unspecified atom stereocenters. The summed E-state index contributed by atoms with van der Waals surface area (Å²) in [6, 6.07) is 23.1. The summed E-state index contributed by atoms with van der Waals surface area (Å²) in [6.45, 7) is 6.77. The molecule has 4 rings (SSSR count). The van der Waals surface area contributed by atoms with Gasteiger partial charge in [-0.05, 0) is 62.6 Å². The van der Waals surface area contributed by atoms with Gasteiger partial charge in [0.1, 0.15) is 6.04 Å². The van der Waals surface area contributed by atoms with Crippen LogP contribution < -0.4 is 11.1 Å². The van der Waals surface area contributed by atoms with Crippen molar-refractivity contribution in [2.45, 2.75) is 69.3 Å². The number of carbonyl (C=O) groups is 3. The van der Waals surface area contributed by atoms with Gasteiger partial charge in [-0.15, -0.1) is 0 Å². The number of carbonyl (C=O) groups excluding carboxylic acids is 3. The fraction of sp³-hybridized carbons (Fsp3) is 0.314. The Labute approximate surface area is 269 Å². The molecule has 10 nitrogen and oxygen atoms in total. The Morgan fingerprint density at radius 3 is 2.17 bits per heavy atom. The van der Waals surface area contributed by atoms with Crippen molar-refractivity contribution in [3.05, 3.63) is 108 Å². The molecule has 4 aromatic rings. The Bertz CT molecular complexity index is 1820. The van der Waals surface area contributed by atoms with Gasteiger partial charge in [0, 0.05) is 29.8 Å². The molecule has 3 amide bonds. The van der Waals surface area contributed by atoms with E-state index in [1.165, 1.54) is 13.0 Å². The van der Waals surface area contributed by atoms with E-state index >= 15 is 0 Å². The van der Waals surface area contributed by atoms with Gasteiger partial charge in [0.2, 0.25) is 11.8 Å². The number of aromatic nitrogens is 1. The number of primary amides is 1. The second kappa shape index (κ2) is 14.2. The first kappa shape index (κ1) is 34.3. The maximum atomic E-state index is 13.7. The van der Waals surface area contributed by atoms with Gasteiger partial charge in [-0.1, -0.05) is 66.7 Å². The summed E-state index contributed by atoms with van der Waals surface area (Å²) in [5.74, 6) is -2.86. The topological polar surface area (TPSA) is 160 Å². The minimum absolute atomic E-state index is 0.0700. The number of fused-ring (bicyclic) bond motifs is 1. The van der Waals surface area contributed by atoms with E-state index in [0.29, 0.717) is 16.6 Å². The molecule has 0 bridgehead atoms. The number of aliphatic hydroxyl groups is 1. The molecule has 0 saturated heterocycles. The summed E-state index contributed by atoms with van der Waals surface area (Å²) in [5.41, 5.74) is 7.35. The number of pyridine rings is 1. The molecule has 0 saturated carbocycles. The van der Waals surface area contributed by atoms with Crippen LogP contribution in [0.1, 0.15) is 49.2 Å². The van der Waals surface area contributed by atoms with Crippen LogP contribution in [0, 0.1) is 0 Å². The molecule has 4 N–H and O–H groups in total. The quantitative estimate of drug-likeness (QED) is 0.213. The number of nitrogens with one attached hydrogen (secondary N) is 1. The van der Waals surface area contributed by atoms with Gasteiger partial charge in [-0.2, -0.15) is 0 Å². The van der Waals surface area contributed by atoms with Crippen LogP contribution in [-0.2, 0) is 32.3 Å². The van der Waals surface area contributed by atoms with Crippen LogP contribution in [0.5, 0.6) is 0 Å². The average molecular weight is 645 g/mol. The van der Waals surface area contributed by atoms with Gasteiger partial charge in [0.15, 0.2) is 14.9 Å². The molecule has 3 atom stereocenters. The maximum absolute atomic E-state index is 13.7. The van der Waals surface area contributed by atoms with Crippen LogP contribution in [0.2, 0.25) is 0 Å². The number of nitrogens with zero attached hydrogens (tertiary/aromatic N) is 2. The molecule has 0 aliphatic heterocycles. The van der Waals surface area contributed by atoms with Gasteiger partial charge in [0.05, 0.1) is 23.4 Å². The van der Waals surface area contributed by atoms with Crippen LogP contribution in [0.4, 0.5) is 0 Å². The number of benzene rings is 3. The van der Waals surface area contributed by atoms with E-state index in [1.54, 1.807) is 78.9 Å². The summed E-state index contributed by atoms with van der Waals surface area (Å²) < 4.78 is 27.4. The Balaban J connectivity index is 1.73. The van der Waals surface area contributed by atoms with Gasteiger partial charge >= 0.3 is 0 Å². The highest BCUT2D eigenvalue weighted by atomic mass is 32.2. The van der Waals surface area contributed by atoms with Crippen molar-refractivity contribution in [1.29, 1.82) is 0 Å². The number of hydrogen-bond donors (Lipinski definition) is 3. The zero-order valence-corrected chi connectivity index (χ0v) is 27.2. The second-order valence-corrected chi connectivity index (χ2v) is 14.3. The zero-order valence-electron chi connectivity index (χ0n) is 26.4. The van der Waals surface area contributed by atoms with Crippen molar-refractivity contribution in [2.75, 3.05) is 5.75 Å². The SMILES string of the molecule is CC(=O)N([C@H](CS(=O)(=O)c1ccc2ccccc2n1)C(N)=O)[C@@H](Cc1ccccc1)[C@H](O)Cc1ccccc1C(=O)NC(C)(C)C. The minimum atomic E-state index is -4.24. The van der Waals surface area contributed by atoms with E-state index in [4.69, 9.17) is 5.73 Å². The average Bonchev–Trinajstić information content (AvgIpc) is 2.99. The predicted octanol–water partition coefficient (Wildman–Crippen LogP) is 3.45. The summed E-state index contributed by atoms with van der Waals surface area (Å²) in [7, 11) is -4.24. The maximum Gasteiger partial charge on any atom is 0.251 e. The van der Waals surface area contributed by atoms with E-state index in [-0.39, 0.29) is 23.8 Å². The summed E-state index contributed by atoms with van der Waals surface area (Å²) in [4.78, 5) is 44.8. The van der Waals surface area contributed by atoms with Crippen molar-refractivity contribution < 1.29 is 27.9 Å². The van der Waals surface area contributed by atoms with Crippen molar-refractivity contribution in [3.63, 3.8) is 0 Å². The summed E-state index contributed by atoms with van der Waals surface area (Å²) in [6.07, 6.45) is -1.31. The van der Waals surface area contributed by atoms with Crippen LogP contribution in [0.3, 0.4) is 0 Å². The monoisotopic (exact) mass is 644 g/mol. The standard InChI is InChI=1S/C35H40N4O6S/c1-23(40)39(30(33(36)42)22-46(44,45)32-19-18-25-14-9-11-17-28(25)37-32)29(20-24-12-6-5-7-13-24)31(41)21-26-15-8-10-16-27(26)34(43)38-35(2,3)4/h5-19,29-31,41H,20-22H2,1-4H3,(H2,36,42)(H,38,43)/t29-,30+,31+/m0/s1. The number of sulfone groups is 1. The molecule has 0 spiro atoms. The lowest BCUT2D eigenvalue weighted by molar-refractivity contribution is -0.142. The molecule has 0 aliphatic rings. The minimum Gasteiger partial charge on any atom is -0.391 e. The molecule has 242 valence electrons. The van der Waals surface area contributed by atoms with E-state index in [2.05, 4.69) is 10.3 Å². The van der Waals surface area contributed by atoms with Crippen LogP contribution >= 0.6 is 0 Å². The third-order valence-electron chi connectivity index (χ3n) is 7.57. The van der Waals surface area contributed by atoms with Gasteiger partial charge in [-0.25, -0.2) is 13.4 Å². The van der Waals surface area contributed by atoms with E-state index < -0.39 is 51.1 Å². The fourth-order valence-corrected chi connectivity index (χ4v) is 6.89. The lowest BCUT2D eigenvalue weighted by Crippen LogP contribution is -2.59. The number of aliphatic hydroxyl groups excluding tert-OH is 1. The molecule has 1 aromatic heterocycles. The first-order chi connectivity index (χ1) is 21.7. The zero-order chi connectivity index (χ0) is 33.6. The molecule has 0 radical (unpaired) electrons. The number of nitrogens with two attached hydrogens (primary N) is 1. The third-order valence-corrected chi connectivity index (χ3v) is 9.18. The number of amides is 3. The van der Waals surface area contributed by atoms with Crippen molar-refractivity contribution >= 4 is 38.5 Å². The Kier molecular flexibility index (Phi) is 10.6. The van der Waals surface area contributed by atoms with Crippen LogP contribution in [-0.4, -0.2) is 70.6 Å². The van der Waals surface area contributed by atoms with Gasteiger partial charge in [-0.3, -0.25) is 14.4 Å². The van der Waals surface area contributed by atoms with E-state index in [1.807, 2.05) is 26.8 Å². The fourth-order valence-electron chi connectivity index (χ4n) is 5.46. The molecule has 46 heavy (non-hydrogen) atoms. The normalized spacial score (nSPS) is 13.8. The lowest BCUT2D eigenvalue weighted by atomic mass is 9.91. The molecular weight excluding hydrogens is 604 g/mol. The highest BCUT2D eigenvalue weighted by Gasteiger charge is 2.40. The highest BCUT2D eigenvalue weighted by Crippen LogP contribution is 2.24. The summed E-state index contributed by atoms with van der Waals surface area (Å²) in [5, 5.41) is 15.2. The largest absolute Gasteiger partial charge is 0.391 e. The Morgan fingerprint density at radius 1 is 0.891 bits per heavy atom. The molecule has 1 heterocycles. The van der Waals surface area contributed by atoms with E-state index in [0.717, 1.165) is 15.8 Å². The number of hydrogen-bond acceptors (Lipinski definition) is 7. The molecule has 0 aliphatic carbocycles. The second-order valence-electron chi connectivity index (χ2n) is 12.4. The molecular formula is C35H40N4O6S. The predicted molar refractivity (Wildman–Crippen MR) is 177 cm³/mol. The van der Waals surface area contributed by atoms with Crippen molar-refractivity contribution in [2.24, 2.45) is 5.73 Å². The molecule has 3 aromatic carbocycles. The third kappa shape index (κ3) is 8.55. The Morgan fingerprint density at radius 2 is 1.52 bits per heavy atom. The van der Waals surface area contributed by atoms with Gasteiger partial charge in [0.25, 0.3) is 5.91 Å². The lowest BCUT2D eigenvalue weighted by Gasteiger charge is -2.39. The number of para-hydroxylation sites is 1. The molecule has 11 heteroatoms. The number of rotatable bonds is 12. The van der Waals surface area contributed by atoms with E-state index in [9.17, 15) is 27.9 Å². The summed E-state index contributed by atoms with van der Waals surface area (Å²) >= 11 is 0. The smallest absolute Gasteiger partial charge is 0.251 e.